The van der Waals surface area contributed by atoms with E-state index >= 15 is 0 Å². The second kappa shape index (κ2) is 10.0. The fraction of sp³-hybridized carbons (Fsp3) is 0.500. The number of benzene rings is 2. The van der Waals surface area contributed by atoms with E-state index in [-0.39, 0.29) is 18.5 Å². The number of fused-ring (bicyclic) bond motifs is 1. The average molecular weight is 455 g/mol. The van der Waals surface area contributed by atoms with Crippen LogP contribution in [0.5, 0.6) is 0 Å². The molecule has 0 saturated carbocycles. The molecule has 1 aliphatic carbocycles. The highest BCUT2D eigenvalue weighted by Gasteiger charge is 2.28. The van der Waals surface area contributed by atoms with Gasteiger partial charge in [-0.25, -0.2) is 0 Å². The first-order valence-electron chi connectivity index (χ1n) is 10.5. The Bertz CT molecular complexity index is 813. The van der Waals surface area contributed by atoms with E-state index < -0.39 is 0 Å². The van der Waals surface area contributed by atoms with Gasteiger partial charge in [-0.1, -0.05) is 47.5 Å². The average Bonchev–Trinajstić information content (AvgIpc) is 2.83. The van der Waals surface area contributed by atoms with Crippen LogP contribution in [-0.2, 0) is 6.42 Å². The molecule has 2 aromatic carbocycles. The number of hydrogen-bond acceptors (Lipinski definition) is 2. The third kappa shape index (κ3) is 5.11. The van der Waals surface area contributed by atoms with Gasteiger partial charge in [-0.05, 0) is 98.3 Å². The molecular formula is C24H30Cl3NO. The van der Waals surface area contributed by atoms with E-state index in [9.17, 15) is 5.11 Å². The number of rotatable bonds is 3. The lowest BCUT2D eigenvalue weighted by Crippen LogP contribution is -2.37. The summed E-state index contributed by atoms with van der Waals surface area (Å²) in [5.74, 6) is 0.992. The summed E-state index contributed by atoms with van der Waals surface area (Å²) >= 11 is 12.8. The molecule has 0 spiro atoms. The number of likely N-dealkylation sites (tertiary alicyclic amines) is 1. The van der Waals surface area contributed by atoms with E-state index in [0.29, 0.717) is 11.8 Å². The van der Waals surface area contributed by atoms with Crippen molar-refractivity contribution in [3.05, 3.63) is 68.7 Å². The first-order chi connectivity index (χ1) is 13.5. The molecule has 2 unspecified atom stereocenters. The Morgan fingerprint density at radius 2 is 1.66 bits per heavy atom. The molecule has 2 aliphatic rings. The summed E-state index contributed by atoms with van der Waals surface area (Å²) in [4.78, 5) is 2.57. The van der Waals surface area contributed by atoms with Crippen LogP contribution in [0.1, 0.15) is 60.0 Å². The molecule has 29 heavy (non-hydrogen) atoms. The number of piperidine rings is 1. The quantitative estimate of drug-likeness (QED) is 0.529. The van der Waals surface area contributed by atoms with Gasteiger partial charge in [-0.3, -0.25) is 0 Å². The van der Waals surface area contributed by atoms with Gasteiger partial charge in [0.2, 0.25) is 0 Å². The Kier molecular flexibility index (Phi) is 7.92. The van der Waals surface area contributed by atoms with Crippen molar-refractivity contribution in [3.8, 4) is 0 Å². The van der Waals surface area contributed by atoms with Gasteiger partial charge in [0.1, 0.15) is 0 Å². The van der Waals surface area contributed by atoms with Crippen LogP contribution in [0.3, 0.4) is 0 Å². The molecule has 4 rings (SSSR count). The Balaban J connectivity index is 0.00000240. The van der Waals surface area contributed by atoms with Crippen LogP contribution in [0.25, 0.3) is 0 Å². The SMILES string of the molecule is Cc1cccc2c1CCC(CN1CCC(c3c(Cl)cccc3Cl)CC1)CC2O.Cl. The predicted octanol–water partition coefficient (Wildman–Crippen LogP) is 6.59. The minimum Gasteiger partial charge on any atom is -0.388 e. The molecule has 1 N–H and O–H groups in total. The number of aryl methyl sites for hydroxylation is 1. The zero-order chi connectivity index (χ0) is 19.7. The second-order valence-corrected chi connectivity index (χ2v) is 9.32. The normalized spacial score (nSPS) is 23.2. The van der Waals surface area contributed by atoms with E-state index in [1.807, 2.05) is 18.2 Å². The highest BCUT2D eigenvalue weighted by atomic mass is 35.5. The molecule has 5 heteroatoms. The summed E-state index contributed by atoms with van der Waals surface area (Å²) in [6.07, 6.45) is 4.96. The molecule has 1 saturated heterocycles. The number of halogens is 3. The van der Waals surface area contributed by atoms with E-state index in [1.54, 1.807) is 0 Å². The monoisotopic (exact) mass is 453 g/mol. The first-order valence-corrected chi connectivity index (χ1v) is 11.2. The van der Waals surface area contributed by atoms with E-state index in [1.165, 1.54) is 11.1 Å². The Morgan fingerprint density at radius 1 is 1.00 bits per heavy atom. The minimum atomic E-state index is -0.332. The lowest BCUT2D eigenvalue weighted by Gasteiger charge is -2.35. The topological polar surface area (TPSA) is 23.5 Å². The van der Waals surface area contributed by atoms with Gasteiger partial charge in [0.25, 0.3) is 0 Å². The zero-order valence-corrected chi connectivity index (χ0v) is 19.2. The molecule has 1 heterocycles. The standard InChI is InChI=1S/C24H29Cl2NO.ClH/c1-16-4-2-5-20-19(16)9-8-17(14-23(20)28)15-27-12-10-18(11-13-27)24-21(25)6-3-7-22(24)26;/h2-7,17-18,23,28H,8-15H2,1H3;1H. The molecular weight excluding hydrogens is 425 g/mol. The molecule has 2 atom stereocenters. The molecule has 0 radical (unpaired) electrons. The van der Waals surface area contributed by atoms with E-state index in [2.05, 4.69) is 30.0 Å². The number of nitrogens with zero attached hydrogens (tertiary/aromatic N) is 1. The maximum Gasteiger partial charge on any atom is 0.0795 e. The second-order valence-electron chi connectivity index (χ2n) is 8.51. The highest BCUT2D eigenvalue weighted by molar-refractivity contribution is 6.36. The Labute approximate surface area is 190 Å². The van der Waals surface area contributed by atoms with Crippen molar-refractivity contribution in [2.24, 2.45) is 5.92 Å². The van der Waals surface area contributed by atoms with Gasteiger partial charge in [0.05, 0.1) is 6.10 Å². The highest BCUT2D eigenvalue weighted by Crippen LogP contribution is 2.38. The van der Waals surface area contributed by atoms with Gasteiger partial charge in [0, 0.05) is 16.6 Å². The predicted molar refractivity (Wildman–Crippen MR) is 125 cm³/mol. The van der Waals surface area contributed by atoms with Crippen LogP contribution in [0.15, 0.2) is 36.4 Å². The Hall–Kier alpha value is -0.770. The number of hydrogen-bond donors (Lipinski definition) is 1. The summed E-state index contributed by atoms with van der Waals surface area (Å²) in [6, 6.07) is 12.1. The van der Waals surface area contributed by atoms with Crippen molar-refractivity contribution < 1.29 is 5.11 Å². The van der Waals surface area contributed by atoms with Crippen LogP contribution in [-0.4, -0.2) is 29.6 Å². The van der Waals surface area contributed by atoms with Crippen LogP contribution in [0, 0.1) is 12.8 Å². The summed E-state index contributed by atoms with van der Waals surface area (Å²) in [5.41, 5.74) is 4.95. The molecule has 1 fully saturated rings. The first kappa shape index (κ1) is 22.9. The van der Waals surface area contributed by atoms with Crippen molar-refractivity contribution in [1.82, 2.24) is 4.90 Å². The fourth-order valence-electron chi connectivity index (χ4n) is 5.12. The van der Waals surface area contributed by atoms with Gasteiger partial charge in [-0.15, -0.1) is 12.4 Å². The van der Waals surface area contributed by atoms with Crippen molar-refractivity contribution in [1.29, 1.82) is 0 Å². The molecule has 0 aromatic heterocycles. The number of aliphatic hydroxyl groups excluding tert-OH is 1. The minimum absolute atomic E-state index is 0. The fourth-order valence-corrected chi connectivity index (χ4v) is 5.83. The molecule has 2 nitrogen and oxygen atoms in total. The molecule has 2 aromatic rings. The van der Waals surface area contributed by atoms with Crippen LogP contribution < -0.4 is 0 Å². The third-order valence-corrected chi connectivity index (χ3v) is 7.34. The maximum absolute atomic E-state index is 10.8. The van der Waals surface area contributed by atoms with Crippen molar-refractivity contribution in [2.75, 3.05) is 19.6 Å². The molecule has 1 aliphatic heterocycles. The van der Waals surface area contributed by atoms with E-state index in [0.717, 1.165) is 72.9 Å². The summed E-state index contributed by atoms with van der Waals surface area (Å²) < 4.78 is 0. The zero-order valence-electron chi connectivity index (χ0n) is 16.9. The maximum atomic E-state index is 10.8. The molecule has 0 amide bonds. The summed E-state index contributed by atoms with van der Waals surface area (Å²) in [7, 11) is 0. The lowest BCUT2D eigenvalue weighted by molar-refractivity contribution is 0.117. The third-order valence-electron chi connectivity index (χ3n) is 6.68. The Morgan fingerprint density at radius 3 is 2.34 bits per heavy atom. The van der Waals surface area contributed by atoms with Gasteiger partial charge >= 0.3 is 0 Å². The van der Waals surface area contributed by atoms with Crippen molar-refractivity contribution >= 4 is 35.6 Å². The van der Waals surface area contributed by atoms with Crippen LogP contribution in [0.2, 0.25) is 10.0 Å². The number of aliphatic hydroxyl groups is 1. The van der Waals surface area contributed by atoms with Gasteiger partial charge in [-0.2, -0.15) is 0 Å². The van der Waals surface area contributed by atoms with Gasteiger partial charge < -0.3 is 10.0 Å². The summed E-state index contributed by atoms with van der Waals surface area (Å²) in [6.45, 7) is 5.39. The van der Waals surface area contributed by atoms with Crippen LogP contribution >= 0.6 is 35.6 Å². The smallest absolute Gasteiger partial charge is 0.0795 e. The van der Waals surface area contributed by atoms with Crippen molar-refractivity contribution in [2.45, 2.75) is 51.0 Å². The van der Waals surface area contributed by atoms with Crippen molar-refractivity contribution in [3.63, 3.8) is 0 Å². The van der Waals surface area contributed by atoms with Crippen LogP contribution in [0.4, 0.5) is 0 Å². The van der Waals surface area contributed by atoms with Gasteiger partial charge in [0.15, 0.2) is 0 Å². The largest absolute Gasteiger partial charge is 0.388 e. The molecule has 0 bridgehead atoms. The van der Waals surface area contributed by atoms with E-state index in [4.69, 9.17) is 23.2 Å². The molecule has 158 valence electrons. The summed E-state index contributed by atoms with van der Waals surface area (Å²) in [5, 5.41) is 12.4. The lowest BCUT2D eigenvalue weighted by atomic mass is 9.88.